The van der Waals surface area contributed by atoms with Crippen molar-refractivity contribution >= 4 is 35.2 Å². The van der Waals surface area contributed by atoms with Gasteiger partial charge in [-0.05, 0) is 66.5 Å². The number of ether oxygens (including phenoxy) is 4. The van der Waals surface area contributed by atoms with E-state index in [0.29, 0.717) is 74.9 Å². The Balaban J connectivity index is 1.14. The predicted octanol–water partition coefficient (Wildman–Crippen LogP) is 5.77. The van der Waals surface area contributed by atoms with Gasteiger partial charge in [0.1, 0.15) is 23.5 Å². The fraction of sp³-hybridized carbons (Fsp3) is 0.535. The number of rotatable bonds is 14. The summed E-state index contributed by atoms with van der Waals surface area (Å²) in [5.74, 6) is -1.36. The average Bonchev–Trinajstić information content (AvgIpc) is 3.93. The van der Waals surface area contributed by atoms with Gasteiger partial charge in [-0.25, -0.2) is 19.2 Å². The van der Waals surface area contributed by atoms with Gasteiger partial charge >= 0.3 is 12.5 Å². The van der Waals surface area contributed by atoms with E-state index >= 15 is 4.39 Å². The van der Waals surface area contributed by atoms with Crippen LogP contribution in [0.4, 0.5) is 28.2 Å². The third-order valence-electron chi connectivity index (χ3n) is 11.4. The van der Waals surface area contributed by atoms with E-state index in [-0.39, 0.29) is 53.6 Å². The van der Waals surface area contributed by atoms with Gasteiger partial charge in [-0.2, -0.15) is 0 Å². The standard InChI is InChI=1S/C43H54F4N8O8/c1-42(2,3)40(58)49-15-14-48-35-11-10-27(21-50-35)38(56)53-31-20-34(63-43(45,46)47)29(19-30(31)44)24-6-8-25(9-7-24)32-22-51-37(52-32)33-18-28(60-4)23-55(33)39(57)36(54-41(59)61-5)26-12-16-62-17-13-26/h6,8,10-11,19,21-22,26,28,33-34,36H,7,9,12-18,20,23H2,1-5H3,(H,48,50)(H,49,58)(H,51,52)(H,53,56)(H,54,59). The number of nitrogens with zero attached hydrogens (tertiary/aromatic N) is 3. The van der Waals surface area contributed by atoms with Gasteiger partial charge in [0.25, 0.3) is 5.91 Å². The Morgan fingerprint density at radius 1 is 1.00 bits per heavy atom. The van der Waals surface area contributed by atoms with Crippen LogP contribution in [0.25, 0.3) is 5.57 Å². The first kappa shape index (κ1) is 46.9. The van der Waals surface area contributed by atoms with Crippen molar-refractivity contribution in [2.75, 3.05) is 52.4 Å². The molecule has 4 aliphatic rings. The van der Waals surface area contributed by atoms with E-state index in [4.69, 9.17) is 14.2 Å². The van der Waals surface area contributed by atoms with Crippen LogP contribution < -0.4 is 21.3 Å². The lowest BCUT2D eigenvalue weighted by molar-refractivity contribution is -0.337. The molecule has 6 rings (SSSR count). The Labute approximate surface area is 362 Å². The van der Waals surface area contributed by atoms with Crippen molar-refractivity contribution in [3.63, 3.8) is 0 Å². The molecule has 4 atom stereocenters. The summed E-state index contributed by atoms with van der Waals surface area (Å²) in [4.78, 5) is 65.4. The number of alkyl halides is 3. The van der Waals surface area contributed by atoms with Gasteiger partial charge in [0.15, 0.2) is 0 Å². The second-order valence-electron chi connectivity index (χ2n) is 16.7. The number of alkyl carbamates (subject to hydrolysis) is 1. The normalized spacial score (nSPS) is 21.5. The number of anilines is 1. The zero-order valence-electron chi connectivity index (χ0n) is 35.8. The molecule has 342 valence electrons. The topological polar surface area (TPSA) is 198 Å². The predicted molar refractivity (Wildman–Crippen MR) is 221 cm³/mol. The minimum Gasteiger partial charge on any atom is -0.453 e. The summed E-state index contributed by atoms with van der Waals surface area (Å²) in [6.45, 7) is 7.28. The van der Waals surface area contributed by atoms with Crippen LogP contribution in [0.15, 0.2) is 65.4 Å². The number of halogens is 4. The summed E-state index contributed by atoms with van der Waals surface area (Å²) < 4.78 is 77.3. The minimum atomic E-state index is -5.06. The van der Waals surface area contributed by atoms with Gasteiger partial charge in [0, 0.05) is 64.4 Å². The van der Waals surface area contributed by atoms with E-state index in [2.05, 4.69) is 41.0 Å². The number of aromatic nitrogens is 3. The zero-order chi connectivity index (χ0) is 45.5. The summed E-state index contributed by atoms with van der Waals surface area (Å²) in [5.41, 5.74) is 0.949. The third-order valence-corrected chi connectivity index (χ3v) is 11.4. The Morgan fingerprint density at radius 2 is 1.73 bits per heavy atom. The van der Waals surface area contributed by atoms with Crippen molar-refractivity contribution < 1.29 is 55.7 Å². The molecule has 2 aromatic heterocycles. The monoisotopic (exact) mass is 886 g/mol. The molecular formula is C43H54F4N8O8. The minimum absolute atomic E-state index is 0.00966. The van der Waals surface area contributed by atoms with Crippen LogP contribution in [-0.2, 0) is 28.5 Å². The highest BCUT2D eigenvalue weighted by atomic mass is 19.4. The van der Waals surface area contributed by atoms with Gasteiger partial charge < -0.3 is 45.4 Å². The van der Waals surface area contributed by atoms with Crippen LogP contribution in [0.5, 0.6) is 0 Å². The van der Waals surface area contributed by atoms with Gasteiger partial charge in [-0.1, -0.05) is 32.9 Å². The van der Waals surface area contributed by atoms with Gasteiger partial charge in [0.05, 0.1) is 48.5 Å². The van der Waals surface area contributed by atoms with E-state index in [1.165, 1.54) is 25.4 Å². The molecule has 63 heavy (non-hydrogen) atoms. The summed E-state index contributed by atoms with van der Waals surface area (Å²) >= 11 is 0. The van der Waals surface area contributed by atoms with Crippen molar-refractivity contribution in [3.05, 3.63) is 82.5 Å². The van der Waals surface area contributed by atoms with E-state index in [9.17, 15) is 32.3 Å². The molecule has 2 aromatic rings. The van der Waals surface area contributed by atoms with Gasteiger partial charge in [-0.3, -0.25) is 19.1 Å². The van der Waals surface area contributed by atoms with Gasteiger partial charge in [-0.15, -0.1) is 13.2 Å². The number of nitrogens with one attached hydrogen (secondary N) is 5. The molecule has 0 bridgehead atoms. The number of imidazole rings is 1. The summed E-state index contributed by atoms with van der Waals surface area (Å²) in [7, 11) is 2.80. The first-order valence-corrected chi connectivity index (χ1v) is 20.8. The summed E-state index contributed by atoms with van der Waals surface area (Å²) in [6.07, 6.45) is 1.00. The first-order chi connectivity index (χ1) is 29.9. The molecule has 2 aliphatic heterocycles. The molecular weight excluding hydrogens is 833 g/mol. The molecule has 5 N–H and O–H groups in total. The van der Waals surface area contributed by atoms with Gasteiger partial charge in [0.2, 0.25) is 11.8 Å². The molecule has 20 heteroatoms. The average molecular weight is 887 g/mol. The number of amides is 4. The number of pyridine rings is 1. The maximum Gasteiger partial charge on any atom is 0.523 e. The lowest BCUT2D eigenvalue weighted by Crippen LogP contribution is -2.53. The van der Waals surface area contributed by atoms with Crippen molar-refractivity contribution in [2.24, 2.45) is 11.3 Å². The largest absolute Gasteiger partial charge is 0.523 e. The second kappa shape index (κ2) is 20.3. The number of allylic oxidation sites excluding steroid dienone is 5. The molecule has 2 fully saturated rings. The van der Waals surface area contributed by atoms with E-state index in [0.717, 1.165) is 11.6 Å². The van der Waals surface area contributed by atoms with Crippen molar-refractivity contribution in [2.45, 2.75) is 90.0 Å². The third kappa shape index (κ3) is 12.1. The molecule has 16 nitrogen and oxygen atoms in total. The van der Waals surface area contributed by atoms with E-state index in [1.807, 2.05) is 0 Å². The van der Waals surface area contributed by atoms with Crippen LogP contribution in [0, 0.1) is 11.3 Å². The maximum absolute atomic E-state index is 15.6. The molecule has 2 aliphatic carbocycles. The Bertz CT molecular complexity index is 2120. The number of likely N-dealkylation sites (tertiary alicyclic amines) is 1. The number of carbonyl (C=O) groups is 4. The Morgan fingerprint density at radius 3 is 2.37 bits per heavy atom. The molecule has 4 amide bonds. The molecule has 2 saturated heterocycles. The fourth-order valence-corrected chi connectivity index (χ4v) is 7.90. The molecule has 0 spiro atoms. The highest BCUT2D eigenvalue weighted by molar-refractivity contribution is 5.95. The maximum atomic E-state index is 15.6. The summed E-state index contributed by atoms with van der Waals surface area (Å²) in [6, 6.07) is 1.58. The number of H-pyrrole nitrogens is 1. The van der Waals surface area contributed by atoms with Crippen molar-refractivity contribution in [1.82, 2.24) is 35.8 Å². The van der Waals surface area contributed by atoms with Crippen molar-refractivity contribution in [3.8, 4) is 0 Å². The first-order valence-electron chi connectivity index (χ1n) is 20.8. The number of carbonyl (C=O) groups excluding carboxylic acids is 4. The van der Waals surface area contributed by atoms with E-state index < -0.39 is 54.2 Å². The van der Waals surface area contributed by atoms with Crippen LogP contribution in [0.2, 0.25) is 0 Å². The van der Waals surface area contributed by atoms with Crippen LogP contribution in [-0.4, -0.2) is 115 Å². The fourth-order valence-electron chi connectivity index (χ4n) is 7.90. The molecule has 0 saturated carbocycles. The molecule has 0 aromatic carbocycles. The van der Waals surface area contributed by atoms with E-state index in [1.54, 1.807) is 51.1 Å². The Hall–Kier alpha value is -5.60. The van der Waals surface area contributed by atoms with Crippen LogP contribution in [0.3, 0.4) is 0 Å². The second-order valence-corrected chi connectivity index (χ2v) is 16.7. The molecule has 4 unspecified atom stereocenters. The zero-order valence-corrected chi connectivity index (χ0v) is 35.8. The number of methoxy groups -OCH3 is 2. The smallest absolute Gasteiger partial charge is 0.453 e. The highest BCUT2D eigenvalue weighted by Gasteiger charge is 2.44. The summed E-state index contributed by atoms with van der Waals surface area (Å²) in [5, 5.41) is 10.9. The lowest BCUT2D eigenvalue weighted by atomic mass is 9.86. The number of hydrogen-bond acceptors (Lipinski definition) is 11. The molecule has 4 heterocycles. The molecule has 0 radical (unpaired) electrons. The van der Waals surface area contributed by atoms with Crippen LogP contribution >= 0.6 is 0 Å². The SMILES string of the molecule is COC(=O)NC(C(=O)N1CC(OC)CC1c1ncc(C2=CC=C(C3=CC(F)=C(NC(=O)c4ccc(NCCNC(=O)C(C)(C)C)nc4)CC3OC(F)(F)F)CC2)[nH]1)C1CCOCC1. The number of aromatic amines is 1. The highest BCUT2D eigenvalue weighted by Crippen LogP contribution is 2.40. The van der Waals surface area contributed by atoms with Crippen LogP contribution in [0.1, 0.15) is 87.2 Å². The quantitative estimate of drug-likeness (QED) is 0.114. The van der Waals surface area contributed by atoms with Crippen molar-refractivity contribution in [1.29, 1.82) is 0 Å². The number of hydrogen-bond donors (Lipinski definition) is 5. The lowest BCUT2D eigenvalue weighted by Gasteiger charge is -2.34. The Kier molecular flexibility index (Phi) is 15.1.